The molecule has 7 heteroatoms. The van der Waals surface area contributed by atoms with E-state index in [9.17, 15) is 19.6 Å². The number of hydrogen-bond donors (Lipinski definition) is 2. The molecule has 2 rings (SSSR count). The van der Waals surface area contributed by atoms with Crippen LogP contribution in [0.4, 0.5) is 0 Å². The highest BCUT2D eigenvalue weighted by molar-refractivity contribution is 6.60. The third-order valence-electron chi connectivity index (χ3n) is 2.76. The molecular formula is C13H11BO6. The minimum Gasteiger partial charge on any atom is -0.465 e. The van der Waals surface area contributed by atoms with E-state index in [-0.39, 0.29) is 22.5 Å². The lowest BCUT2D eigenvalue weighted by Crippen LogP contribution is -2.31. The van der Waals surface area contributed by atoms with E-state index in [2.05, 4.69) is 4.74 Å². The summed E-state index contributed by atoms with van der Waals surface area (Å²) in [6.07, 6.45) is 0.530. The Morgan fingerprint density at radius 2 is 2.05 bits per heavy atom. The topological polar surface area (TPSA) is 97.0 Å². The van der Waals surface area contributed by atoms with Gasteiger partial charge in [0.1, 0.15) is 5.76 Å². The van der Waals surface area contributed by atoms with Gasteiger partial charge >= 0.3 is 13.1 Å². The van der Waals surface area contributed by atoms with Gasteiger partial charge in [0.05, 0.1) is 12.7 Å². The summed E-state index contributed by atoms with van der Waals surface area (Å²) in [6, 6.07) is 7.16. The van der Waals surface area contributed by atoms with Crippen molar-refractivity contribution in [3.05, 3.63) is 41.7 Å². The van der Waals surface area contributed by atoms with E-state index >= 15 is 0 Å². The van der Waals surface area contributed by atoms with Crippen LogP contribution in [0, 0.1) is 0 Å². The Kier molecular flexibility index (Phi) is 4.02. The Balaban J connectivity index is 2.57. The second-order valence-electron chi connectivity index (χ2n) is 3.99. The summed E-state index contributed by atoms with van der Waals surface area (Å²) in [7, 11) is -0.491. The number of aldehydes is 1. The van der Waals surface area contributed by atoms with Crippen LogP contribution in [0.2, 0.25) is 0 Å². The highest BCUT2D eigenvalue weighted by Gasteiger charge is 2.21. The molecule has 0 saturated heterocycles. The number of carbonyl (C=O) groups excluding carboxylic acids is 2. The molecule has 6 nitrogen and oxygen atoms in total. The largest absolute Gasteiger partial charge is 0.489 e. The molecule has 0 bridgehead atoms. The molecule has 1 aromatic heterocycles. The van der Waals surface area contributed by atoms with Gasteiger partial charge in [0.2, 0.25) is 0 Å². The number of furan rings is 1. The number of hydrogen-bond acceptors (Lipinski definition) is 6. The average Bonchev–Trinajstić information content (AvgIpc) is 2.94. The van der Waals surface area contributed by atoms with Gasteiger partial charge in [0, 0.05) is 5.56 Å². The van der Waals surface area contributed by atoms with Crippen molar-refractivity contribution in [2.75, 3.05) is 7.11 Å². The van der Waals surface area contributed by atoms with Crippen molar-refractivity contribution in [3.8, 4) is 11.3 Å². The molecule has 0 amide bonds. The van der Waals surface area contributed by atoms with E-state index in [4.69, 9.17) is 4.42 Å². The Morgan fingerprint density at radius 3 is 2.60 bits per heavy atom. The van der Waals surface area contributed by atoms with Crippen molar-refractivity contribution in [2.24, 2.45) is 0 Å². The Hall–Kier alpha value is -2.38. The molecule has 0 fully saturated rings. The van der Waals surface area contributed by atoms with Crippen molar-refractivity contribution in [2.45, 2.75) is 0 Å². The lowest BCUT2D eigenvalue weighted by molar-refractivity contribution is 0.0600. The summed E-state index contributed by atoms with van der Waals surface area (Å²) in [6.45, 7) is 0. The van der Waals surface area contributed by atoms with Gasteiger partial charge < -0.3 is 19.2 Å². The van der Waals surface area contributed by atoms with E-state index in [1.807, 2.05) is 0 Å². The van der Waals surface area contributed by atoms with Crippen LogP contribution in [-0.2, 0) is 4.74 Å². The minimum absolute atomic E-state index is 0.0989. The van der Waals surface area contributed by atoms with Crippen LogP contribution in [0.3, 0.4) is 0 Å². The van der Waals surface area contributed by atoms with Crippen molar-refractivity contribution in [1.29, 1.82) is 0 Å². The zero-order valence-electron chi connectivity index (χ0n) is 10.6. The number of benzene rings is 1. The van der Waals surface area contributed by atoms with Gasteiger partial charge in [-0.2, -0.15) is 0 Å². The van der Waals surface area contributed by atoms with Gasteiger partial charge in [-0.3, -0.25) is 4.79 Å². The molecule has 1 aromatic carbocycles. The van der Waals surface area contributed by atoms with Crippen molar-refractivity contribution in [3.63, 3.8) is 0 Å². The van der Waals surface area contributed by atoms with E-state index < -0.39 is 13.1 Å². The summed E-state index contributed by atoms with van der Waals surface area (Å²) >= 11 is 0. The van der Waals surface area contributed by atoms with Gasteiger partial charge in [0.15, 0.2) is 12.0 Å². The molecule has 0 radical (unpaired) electrons. The van der Waals surface area contributed by atoms with Crippen LogP contribution in [0.5, 0.6) is 0 Å². The maximum absolute atomic E-state index is 11.5. The number of esters is 1. The minimum atomic E-state index is -1.73. The molecular weight excluding hydrogens is 263 g/mol. The van der Waals surface area contributed by atoms with Gasteiger partial charge in [-0.15, -0.1) is 0 Å². The molecule has 2 aromatic rings. The van der Waals surface area contributed by atoms with E-state index in [1.165, 1.54) is 37.4 Å². The Morgan fingerprint density at radius 1 is 1.30 bits per heavy atom. The second-order valence-corrected chi connectivity index (χ2v) is 3.99. The number of ether oxygens (including phenoxy) is 1. The number of carbonyl (C=O) groups is 2. The molecule has 0 atom stereocenters. The summed E-state index contributed by atoms with van der Waals surface area (Å²) in [5, 5.41) is 18.7. The summed E-state index contributed by atoms with van der Waals surface area (Å²) in [5.41, 5.74) is 0.691. The van der Waals surface area contributed by atoms with E-state index in [1.54, 1.807) is 0 Å². The third kappa shape index (κ3) is 2.63. The van der Waals surface area contributed by atoms with Crippen LogP contribution >= 0.6 is 0 Å². The van der Waals surface area contributed by atoms with Crippen molar-refractivity contribution < 1.29 is 28.8 Å². The monoisotopic (exact) mass is 274 g/mol. The van der Waals surface area contributed by atoms with E-state index in [0.717, 1.165) is 0 Å². The SMILES string of the molecule is COC(=O)c1ccc(B(O)O)c(-c2ccc(C=O)o2)c1. The fourth-order valence-corrected chi connectivity index (χ4v) is 1.80. The molecule has 0 aliphatic carbocycles. The zero-order valence-corrected chi connectivity index (χ0v) is 10.6. The molecule has 1 heterocycles. The van der Waals surface area contributed by atoms with Crippen LogP contribution in [0.1, 0.15) is 20.9 Å². The summed E-state index contributed by atoms with van der Waals surface area (Å²) in [5.74, 6) is -0.213. The molecule has 2 N–H and O–H groups in total. The van der Waals surface area contributed by atoms with Gasteiger partial charge in [-0.1, -0.05) is 6.07 Å². The van der Waals surface area contributed by atoms with Gasteiger partial charge in [-0.05, 0) is 29.7 Å². The molecule has 20 heavy (non-hydrogen) atoms. The standard InChI is InChI=1S/C13H11BO6/c1-19-13(16)8-2-4-11(14(17)18)10(6-8)12-5-3-9(7-15)20-12/h2-7,17-18H,1H3. The first kappa shape index (κ1) is 14.0. The summed E-state index contributed by atoms with van der Waals surface area (Å²) in [4.78, 5) is 22.1. The van der Waals surface area contributed by atoms with Gasteiger partial charge in [-0.25, -0.2) is 4.79 Å². The lowest BCUT2D eigenvalue weighted by atomic mass is 9.76. The number of rotatable bonds is 4. The third-order valence-corrected chi connectivity index (χ3v) is 2.76. The van der Waals surface area contributed by atoms with Gasteiger partial charge in [0.25, 0.3) is 0 Å². The average molecular weight is 274 g/mol. The molecule has 0 aliphatic heterocycles. The van der Waals surface area contributed by atoms with Crippen LogP contribution in [-0.4, -0.2) is 36.5 Å². The number of methoxy groups -OCH3 is 1. The highest BCUT2D eigenvalue weighted by Crippen LogP contribution is 2.22. The molecule has 0 aliphatic rings. The lowest BCUT2D eigenvalue weighted by Gasteiger charge is -2.08. The maximum Gasteiger partial charge on any atom is 0.489 e. The quantitative estimate of drug-likeness (QED) is 0.470. The maximum atomic E-state index is 11.5. The fraction of sp³-hybridized carbons (Fsp3) is 0.0769. The predicted molar refractivity (Wildman–Crippen MR) is 70.7 cm³/mol. The first-order valence-electron chi connectivity index (χ1n) is 5.70. The Labute approximate surface area is 114 Å². The predicted octanol–water partition coefficient (Wildman–Crippen LogP) is 0.226. The Bertz CT molecular complexity index is 646. The van der Waals surface area contributed by atoms with Crippen molar-refractivity contribution >= 4 is 24.8 Å². The van der Waals surface area contributed by atoms with Crippen molar-refractivity contribution in [1.82, 2.24) is 0 Å². The first-order valence-corrected chi connectivity index (χ1v) is 5.70. The fourth-order valence-electron chi connectivity index (χ4n) is 1.80. The summed E-state index contributed by atoms with van der Waals surface area (Å²) < 4.78 is 9.84. The zero-order chi connectivity index (χ0) is 14.7. The second kappa shape index (κ2) is 5.73. The van der Waals surface area contributed by atoms with Crippen LogP contribution in [0.25, 0.3) is 11.3 Å². The first-order chi connectivity index (χ1) is 9.56. The van der Waals surface area contributed by atoms with E-state index in [0.29, 0.717) is 11.8 Å². The molecule has 0 unspecified atom stereocenters. The molecule has 102 valence electrons. The van der Waals surface area contributed by atoms with Crippen LogP contribution in [0.15, 0.2) is 34.7 Å². The highest BCUT2D eigenvalue weighted by atomic mass is 16.5. The van der Waals surface area contributed by atoms with Crippen LogP contribution < -0.4 is 5.46 Å². The molecule has 0 spiro atoms. The molecule has 0 saturated carbocycles. The normalized spacial score (nSPS) is 10.2. The smallest absolute Gasteiger partial charge is 0.465 e.